The van der Waals surface area contributed by atoms with Gasteiger partial charge in [0, 0.05) is 25.7 Å². The maximum atomic E-state index is 12.4. The SMILES string of the molecule is CC1CN(S(=O)(=O)c2ccc(OC(F)F)cc2)CCN1. The minimum atomic E-state index is -3.59. The molecule has 1 atom stereocenters. The van der Waals surface area contributed by atoms with Crippen LogP contribution in [0.1, 0.15) is 6.92 Å². The summed E-state index contributed by atoms with van der Waals surface area (Å²) in [4.78, 5) is 0.0771. The maximum absolute atomic E-state index is 12.4. The maximum Gasteiger partial charge on any atom is 0.387 e. The van der Waals surface area contributed by atoms with Crippen molar-refractivity contribution in [3.63, 3.8) is 0 Å². The van der Waals surface area contributed by atoms with Crippen LogP contribution >= 0.6 is 0 Å². The van der Waals surface area contributed by atoms with E-state index >= 15 is 0 Å². The highest BCUT2D eigenvalue weighted by molar-refractivity contribution is 7.89. The van der Waals surface area contributed by atoms with Gasteiger partial charge in [-0.05, 0) is 31.2 Å². The van der Waals surface area contributed by atoms with Gasteiger partial charge in [0.25, 0.3) is 0 Å². The fourth-order valence-corrected chi connectivity index (χ4v) is 3.59. The summed E-state index contributed by atoms with van der Waals surface area (Å²) in [6.07, 6.45) is 0. The van der Waals surface area contributed by atoms with Crippen LogP contribution < -0.4 is 10.1 Å². The van der Waals surface area contributed by atoms with E-state index in [1.165, 1.54) is 28.6 Å². The van der Waals surface area contributed by atoms with Crippen molar-refractivity contribution >= 4 is 10.0 Å². The van der Waals surface area contributed by atoms with Crippen molar-refractivity contribution in [1.82, 2.24) is 9.62 Å². The predicted octanol–water partition coefficient (Wildman–Crippen LogP) is 1.27. The van der Waals surface area contributed by atoms with Gasteiger partial charge in [0.1, 0.15) is 5.75 Å². The Hall–Kier alpha value is -1.25. The normalized spacial score (nSPS) is 21.1. The summed E-state index contributed by atoms with van der Waals surface area (Å²) in [5.74, 6) is -0.0624. The second kappa shape index (κ2) is 6.02. The molecule has 1 saturated heterocycles. The predicted molar refractivity (Wildman–Crippen MR) is 69.3 cm³/mol. The van der Waals surface area contributed by atoms with Gasteiger partial charge in [0.05, 0.1) is 4.90 Å². The molecule has 0 bridgehead atoms. The van der Waals surface area contributed by atoms with Crippen LogP contribution in [0.5, 0.6) is 5.75 Å². The van der Waals surface area contributed by atoms with E-state index in [1.807, 2.05) is 6.92 Å². The fourth-order valence-electron chi connectivity index (χ4n) is 2.06. The summed E-state index contributed by atoms with van der Waals surface area (Å²) >= 11 is 0. The molecule has 1 aromatic carbocycles. The van der Waals surface area contributed by atoms with Crippen molar-refractivity contribution in [3.8, 4) is 5.75 Å². The highest BCUT2D eigenvalue weighted by Gasteiger charge is 2.28. The Balaban J connectivity index is 2.17. The number of halogens is 2. The molecular weight excluding hydrogens is 290 g/mol. The van der Waals surface area contributed by atoms with Gasteiger partial charge in [-0.2, -0.15) is 13.1 Å². The van der Waals surface area contributed by atoms with Gasteiger partial charge < -0.3 is 10.1 Å². The molecule has 1 aliphatic heterocycles. The third kappa shape index (κ3) is 3.44. The smallest absolute Gasteiger partial charge is 0.387 e. The minimum Gasteiger partial charge on any atom is -0.435 e. The van der Waals surface area contributed by atoms with Crippen LogP contribution in [-0.4, -0.2) is 45.0 Å². The van der Waals surface area contributed by atoms with E-state index in [9.17, 15) is 17.2 Å². The molecule has 0 aliphatic carbocycles. The molecule has 1 aliphatic rings. The lowest BCUT2D eigenvalue weighted by atomic mass is 10.3. The lowest BCUT2D eigenvalue weighted by molar-refractivity contribution is -0.0498. The van der Waals surface area contributed by atoms with E-state index in [4.69, 9.17) is 0 Å². The molecule has 0 radical (unpaired) electrons. The van der Waals surface area contributed by atoms with E-state index in [2.05, 4.69) is 10.1 Å². The van der Waals surface area contributed by atoms with Crippen molar-refractivity contribution in [2.45, 2.75) is 24.5 Å². The van der Waals surface area contributed by atoms with Crippen LogP contribution in [0, 0.1) is 0 Å². The van der Waals surface area contributed by atoms with Crippen LogP contribution in [0.4, 0.5) is 8.78 Å². The Labute approximate surface area is 116 Å². The van der Waals surface area contributed by atoms with Crippen LogP contribution in [0.15, 0.2) is 29.2 Å². The molecular formula is C12H16F2N2O3S. The number of benzene rings is 1. The zero-order valence-corrected chi connectivity index (χ0v) is 11.7. The fraction of sp³-hybridized carbons (Fsp3) is 0.500. The van der Waals surface area contributed by atoms with Gasteiger partial charge in [0.2, 0.25) is 10.0 Å². The van der Waals surface area contributed by atoms with Crippen molar-refractivity contribution in [3.05, 3.63) is 24.3 Å². The quantitative estimate of drug-likeness (QED) is 0.910. The first-order chi connectivity index (χ1) is 9.39. The number of hydrogen-bond donors (Lipinski definition) is 1. The number of alkyl halides is 2. The summed E-state index contributed by atoms with van der Waals surface area (Å²) in [7, 11) is -3.59. The third-order valence-electron chi connectivity index (χ3n) is 3.02. The molecule has 0 saturated carbocycles. The Morgan fingerprint density at radius 3 is 2.55 bits per heavy atom. The van der Waals surface area contributed by atoms with Gasteiger partial charge in [-0.15, -0.1) is 0 Å². The number of nitrogens with zero attached hydrogens (tertiary/aromatic N) is 1. The van der Waals surface area contributed by atoms with Crippen LogP contribution in [0.25, 0.3) is 0 Å². The molecule has 5 nitrogen and oxygen atoms in total. The summed E-state index contributed by atoms with van der Waals surface area (Å²) in [6, 6.07) is 5.09. The average molecular weight is 306 g/mol. The van der Waals surface area contributed by atoms with Gasteiger partial charge in [0.15, 0.2) is 0 Å². The Morgan fingerprint density at radius 2 is 2.00 bits per heavy atom. The summed E-state index contributed by atoms with van der Waals surface area (Å²) < 4.78 is 54.4. The summed E-state index contributed by atoms with van der Waals surface area (Å²) in [5.41, 5.74) is 0. The number of nitrogens with one attached hydrogen (secondary N) is 1. The highest BCUT2D eigenvalue weighted by atomic mass is 32.2. The Morgan fingerprint density at radius 1 is 1.35 bits per heavy atom. The number of rotatable bonds is 4. The third-order valence-corrected chi connectivity index (χ3v) is 4.90. The molecule has 1 unspecified atom stereocenters. The van der Waals surface area contributed by atoms with Gasteiger partial charge in [-0.3, -0.25) is 0 Å². The number of hydrogen-bond acceptors (Lipinski definition) is 4. The van der Waals surface area contributed by atoms with Crippen LogP contribution in [0.3, 0.4) is 0 Å². The molecule has 0 spiro atoms. The van der Waals surface area contributed by atoms with Crippen LogP contribution in [0.2, 0.25) is 0 Å². The number of sulfonamides is 1. The van der Waals surface area contributed by atoms with E-state index in [0.29, 0.717) is 19.6 Å². The van der Waals surface area contributed by atoms with E-state index < -0.39 is 16.6 Å². The van der Waals surface area contributed by atoms with Gasteiger partial charge in [-0.25, -0.2) is 8.42 Å². The first-order valence-corrected chi connectivity index (χ1v) is 7.62. The first-order valence-electron chi connectivity index (χ1n) is 6.18. The van der Waals surface area contributed by atoms with E-state index in [1.54, 1.807) is 0 Å². The minimum absolute atomic E-state index is 0.0624. The standard InChI is InChI=1S/C12H16F2N2O3S/c1-9-8-16(7-6-15-9)20(17,18)11-4-2-10(3-5-11)19-12(13)14/h2-5,9,12,15H,6-8H2,1H3. The van der Waals surface area contributed by atoms with E-state index in [-0.39, 0.29) is 16.7 Å². The Kier molecular flexibility index (Phi) is 4.56. The summed E-state index contributed by atoms with van der Waals surface area (Å²) in [5, 5.41) is 3.16. The topological polar surface area (TPSA) is 58.6 Å². The first kappa shape index (κ1) is 15.1. The lowest BCUT2D eigenvalue weighted by Gasteiger charge is -2.31. The van der Waals surface area contributed by atoms with Crippen molar-refractivity contribution in [1.29, 1.82) is 0 Å². The van der Waals surface area contributed by atoms with Crippen LogP contribution in [-0.2, 0) is 10.0 Å². The van der Waals surface area contributed by atoms with Crippen molar-refractivity contribution < 1.29 is 21.9 Å². The molecule has 1 fully saturated rings. The largest absolute Gasteiger partial charge is 0.435 e. The van der Waals surface area contributed by atoms with Crippen molar-refractivity contribution in [2.75, 3.05) is 19.6 Å². The number of ether oxygens (including phenoxy) is 1. The lowest BCUT2D eigenvalue weighted by Crippen LogP contribution is -2.51. The van der Waals surface area contributed by atoms with Gasteiger partial charge >= 0.3 is 6.61 Å². The van der Waals surface area contributed by atoms with Gasteiger partial charge in [-0.1, -0.05) is 0 Å². The molecule has 2 rings (SSSR count). The molecule has 0 amide bonds. The number of piperazine rings is 1. The zero-order chi connectivity index (χ0) is 14.8. The highest BCUT2D eigenvalue weighted by Crippen LogP contribution is 2.21. The molecule has 1 N–H and O–H groups in total. The summed E-state index contributed by atoms with van der Waals surface area (Å²) in [6.45, 7) is 0.347. The molecule has 8 heteroatoms. The van der Waals surface area contributed by atoms with Crippen molar-refractivity contribution in [2.24, 2.45) is 0 Å². The second-order valence-electron chi connectivity index (χ2n) is 4.57. The Bertz CT molecular complexity index is 548. The monoisotopic (exact) mass is 306 g/mol. The molecule has 112 valence electrons. The average Bonchev–Trinajstić information content (AvgIpc) is 2.38. The molecule has 20 heavy (non-hydrogen) atoms. The second-order valence-corrected chi connectivity index (χ2v) is 6.51. The van der Waals surface area contributed by atoms with E-state index in [0.717, 1.165) is 0 Å². The molecule has 1 heterocycles. The molecule has 1 aromatic rings. The molecule has 0 aromatic heterocycles. The zero-order valence-electron chi connectivity index (χ0n) is 10.9.